The van der Waals surface area contributed by atoms with Crippen molar-refractivity contribution in [3.8, 4) is 11.5 Å². The minimum atomic E-state index is -0.802. The summed E-state index contributed by atoms with van der Waals surface area (Å²) in [4.78, 5) is 45.0. The number of halogens is 1. The van der Waals surface area contributed by atoms with Gasteiger partial charge in [-0.3, -0.25) is 23.9 Å². The Morgan fingerprint density at radius 2 is 1.89 bits per heavy atom. The quantitative estimate of drug-likeness (QED) is 0.595. The number of ether oxygens (including phenoxy) is 1. The van der Waals surface area contributed by atoms with Crippen molar-refractivity contribution < 1.29 is 23.8 Å². The number of carbonyl (C=O) groups is 2. The van der Waals surface area contributed by atoms with Crippen molar-refractivity contribution in [2.45, 2.75) is 25.7 Å². The monoisotopic (exact) mass is 478 g/mol. The van der Waals surface area contributed by atoms with Gasteiger partial charge in [-0.15, -0.1) is 0 Å². The van der Waals surface area contributed by atoms with Crippen molar-refractivity contribution in [2.24, 2.45) is 0 Å². The summed E-state index contributed by atoms with van der Waals surface area (Å²) in [7, 11) is 1.34. The fraction of sp³-hybridized carbons (Fsp3) is 0.280. The first-order valence-corrected chi connectivity index (χ1v) is 11.3. The van der Waals surface area contributed by atoms with Gasteiger partial charge in [-0.05, 0) is 37.0 Å². The van der Waals surface area contributed by atoms with Gasteiger partial charge in [0.25, 0.3) is 17.4 Å². The first kappa shape index (κ1) is 22.6. The lowest BCUT2D eigenvalue weighted by molar-refractivity contribution is -0.130. The molecule has 0 aliphatic carbocycles. The topological polar surface area (TPSA) is 114 Å². The van der Waals surface area contributed by atoms with Crippen LogP contribution in [0.5, 0.6) is 11.5 Å². The highest BCUT2D eigenvalue weighted by Gasteiger charge is 2.32. The van der Waals surface area contributed by atoms with Gasteiger partial charge >= 0.3 is 0 Å². The fourth-order valence-corrected chi connectivity index (χ4v) is 4.48. The van der Waals surface area contributed by atoms with Gasteiger partial charge in [-0.1, -0.05) is 12.1 Å². The van der Waals surface area contributed by atoms with E-state index in [0.29, 0.717) is 18.7 Å². The second kappa shape index (κ2) is 8.86. The minimum Gasteiger partial charge on any atom is -0.505 e. The summed E-state index contributed by atoms with van der Waals surface area (Å²) < 4.78 is 20.6. The van der Waals surface area contributed by atoms with Crippen molar-refractivity contribution in [1.29, 1.82) is 0 Å². The van der Waals surface area contributed by atoms with E-state index < -0.39 is 22.8 Å². The average Bonchev–Trinajstić information content (AvgIpc) is 2.88. The van der Waals surface area contributed by atoms with E-state index in [4.69, 9.17) is 4.74 Å². The predicted molar refractivity (Wildman–Crippen MR) is 126 cm³/mol. The van der Waals surface area contributed by atoms with E-state index in [-0.39, 0.29) is 40.7 Å². The third-order valence-corrected chi connectivity index (χ3v) is 6.29. The Hall–Kier alpha value is -4.21. The van der Waals surface area contributed by atoms with Crippen LogP contribution in [0.25, 0.3) is 17.2 Å². The molecule has 2 aliphatic heterocycles. The number of hydrogen-bond acceptors (Lipinski definition) is 6. The molecule has 2 N–H and O–H groups in total. The van der Waals surface area contributed by atoms with E-state index in [1.807, 2.05) is 0 Å². The van der Waals surface area contributed by atoms with Crippen molar-refractivity contribution in [3.63, 3.8) is 0 Å². The van der Waals surface area contributed by atoms with Gasteiger partial charge in [0, 0.05) is 38.3 Å². The third-order valence-electron chi connectivity index (χ3n) is 6.29. The maximum atomic E-state index is 13.4. The first-order valence-electron chi connectivity index (χ1n) is 11.3. The molecule has 4 heterocycles. The zero-order valence-corrected chi connectivity index (χ0v) is 19.0. The number of carbonyl (C=O) groups excluding carboxylic acids is 2. The second-order valence-corrected chi connectivity index (χ2v) is 8.54. The molecule has 2 aromatic heterocycles. The van der Waals surface area contributed by atoms with Crippen LogP contribution in [-0.4, -0.2) is 51.5 Å². The molecule has 2 aliphatic rings. The fourth-order valence-electron chi connectivity index (χ4n) is 4.48. The molecule has 0 saturated carbocycles. The Labute approximate surface area is 199 Å². The number of nitrogens with zero attached hydrogens (tertiary/aromatic N) is 3. The van der Waals surface area contributed by atoms with Gasteiger partial charge in [-0.2, -0.15) is 0 Å². The van der Waals surface area contributed by atoms with Crippen LogP contribution in [0, 0.1) is 5.82 Å². The summed E-state index contributed by atoms with van der Waals surface area (Å²) in [6.45, 7) is 1.16. The SMILES string of the molecule is CNC(=O)c1c(O)c2ncc(Cc3ccc(F)cc3)c3c2n(c1=O)C=C(C(=O)N1CCCCC1)O3. The Bertz CT molecular complexity index is 1440. The Kier molecular flexibility index (Phi) is 5.72. The highest BCUT2D eigenvalue weighted by atomic mass is 19.1. The number of piperidine rings is 1. The van der Waals surface area contributed by atoms with Gasteiger partial charge in [0.15, 0.2) is 11.5 Å². The van der Waals surface area contributed by atoms with Gasteiger partial charge in [0.1, 0.15) is 22.4 Å². The van der Waals surface area contributed by atoms with E-state index in [1.54, 1.807) is 17.0 Å². The molecule has 9 nitrogen and oxygen atoms in total. The van der Waals surface area contributed by atoms with Crippen LogP contribution in [0.4, 0.5) is 4.39 Å². The van der Waals surface area contributed by atoms with Crippen LogP contribution < -0.4 is 15.6 Å². The number of benzene rings is 1. The van der Waals surface area contributed by atoms with Crippen LogP contribution in [0.15, 0.2) is 41.0 Å². The normalized spacial score (nSPS) is 14.9. The summed E-state index contributed by atoms with van der Waals surface area (Å²) in [6, 6.07) is 5.89. The largest absolute Gasteiger partial charge is 0.505 e. The van der Waals surface area contributed by atoms with Crippen molar-refractivity contribution in [2.75, 3.05) is 20.1 Å². The van der Waals surface area contributed by atoms with Gasteiger partial charge in [-0.25, -0.2) is 4.39 Å². The van der Waals surface area contributed by atoms with Gasteiger partial charge in [0.05, 0.1) is 6.20 Å². The summed E-state index contributed by atoms with van der Waals surface area (Å²) in [5, 5.41) is 13.1. The number of amides is 2. The Balaban J connectivity index is 1.70. The van der Waals surface area contributed by atoms with E-state index in [2.05, 4.69) is 10.3 Å². The van der Waals surface area contributed by atoms with E-state index in [9.17, 15) is 23.9 Å². The lowest BCUT2D eigenvalue weighted by Crippen LogP contribution is -2.39. The predicted octanol–water partition coefficient (Wildman–Crippen LogP) is 2.39. The van der Waals surface area contributed by atoms with E-state index in [1.165, 1.54) is 31.6 Å². The highest BCUT2D eigenvalue weighted by Crippen LogP contribution is 2.38. The van der Waals surface area contributed by atoms with Crippen LogP contribution in [0.3, 0.4) is 0 Å². The number of aromatic hydroxyl groups is 1. The summed E-state index contributed by atoms with van der Waals surface area (Å²) >= 11 is 0. The molecular weight excluding hydrogens is 455 g/mol. The molecule has 1 aromatic carbocycles. The molecule has 35 heavy (non-hydrogen) atoms. The molecule has 2 amide bonds. The number of nitrogens with one attached hydrogen (secondary N) is 1. The van der Waals surface area contributed by atoms with Crippen molar-refractivity contribution >= 4 is 29.0 Å². The number of rotatable bonds is 4. The maximum Gasteiger partial charge on any atom is 0.291 e. The van der Waals surface area contributed by atoms with Crippen LogP contribution in [-0.2, 0) is 11.2 Å². The highest BCUT2D eigenvalue weighted by molar-refractivity contribution is 6.04. The third kappa shape index (κ3) is 3.90. The lowest BCUT2D eigenvalue weighted by Gasteiger charge is -2.29. The number of pyridine rings is 2. The molecule has 5 rings (SSSR count). The molecular formula is C25H23FN4O5. The zero-order chi connectivity index (χ0) is 24.7. The summed E-state index contributed by atoms with van der Waals surface area (Å²) in [5.74, 6) is -1.98. The summed E-state index contributed by atoms with van der Waals surface area (Å²) in [5.41, 5.74) is 0.139. The van der Waals surface area contributed by atoms with Gasteiger partial charge < -0.3 is 20.1 Å². The number of likely N-dealkylation sites (tertiary alicyclic amines) is 1. The molecule has 1 fully saturated rings. The smallest absolute Gasteiger partial charge is 0.291 e. The van der Waals surface area contributed by atoms with Crippen molar-refractivity contribution in [1.82, 2.24) is 19.8 Å². The average molecular weight is 478 g/mol. The van der Waals surface area contributed by atoms with Crippen LogP contribution >= 0.6 is 0 Å². The van der Waals surface area contributed by atoms with Crippen LogP contribution in [0.1, 0.15) is 40.7 Å². The molecule has 0 unspecified atom stereocenters. The molecule has 0 atom stereocenters. The summed E-state index contributed by atoms with van der Waals surface area (Å²) in [6.07, 6.45) is 5.77. The maximum absolute atomic E-state index is 13.4. The Morgan fingerprint density at radius 1 is 1.17 bits per heavy atom. The van der Waals surface area contributed by atoms with E-state index in [0.717, 1.165) is 29.4 Å². The first-order chi connectivity index (χ1) is 16.9. The molecule has 10 heteroatoms. The zero-order valence-electron chi connectivity index (χ0n) is 19.0. The Morgan fingerprint density at radius 3 is 2.57 bits per heavy atom. The number of aromatic nitrogens is 2. The molecule has 3 aromatic rings. The van der Waals surface area contributed by atoms with Crippen LogP contribution in [0.2, 0.25) is 0 Å². The molecule has 0 bridgehead atoms. The molecule has 0 radical (unpaired) electrons. The number of hydrogen-bond donors (Lipinski definition) is 2. The van der Waals surface area contributed by atoms with E-state index >= 15 is 0 Å². The van der Waals surface area contributed by atoms with Gasteiger partial charge in [0.2, 0.25) is 5.76 Å². The van der Waals surface area contributed by atoms with Crippen molar-refractivity contribution in [3.05, 3.63) is 69.1 Å². The lowest BCUT2D eigenvalue weighted by atomic mass is 10.0. The second-order valence-electron chi connectivity index (χ2n) is 8.54. The molecule has 180 valence electrons. The minimum absolute atomic E-state index is 0.0122. The standard InChI is InChI=1S/C25H23FN4O5/c1-27-23(32)18-21(31)19-20-22(15(12-28-19)11-14-5-7-16(26)8-6-14)35-17(13-30(20)25(18)34)24(33)29-9-3-2-4-10-29/h5-8,12-13,31H,2-4,9-11H2,1H3,(H,27,32). The molecule has 1 saturated heterocycles. The molecule has 0 spiro atoms.